The van der Waals surface area contributed by atoms with Crippen LogP contribution < -0.4 is 4.90 Å². The summed E-state index contributed by atoms with van der Waals surface area (Å²) in [6, 6.07) is 8.24. The molecule has 0 spiro atoms. The zero-order valence-corrected chi connectivity index (χ0v) is 24.4. The van der Waals surface area contributed by atoms with Crippen molar-refractivity contribution < 1.29 is 13.7 Å². The van der Waals surface area contributed by atoms with Crippen LogP contribution in [0.3, 0.4) is 0 Å². The van der Waals surface area contributed by atoms with E-state index in [4.69, 9.17) is 9.51 Å². The number of anilines is 1. The number of rotatable bonds is 8. The van der Waals surface area contributed by atoms with Gasteiger partial charge < -0.3 is 14.0 Å². The maximum atomic E-state index is 15.0. The van der Waals surface area contributed by atoms with Crippen LogP contribution in [-0.2, 0) is 17.3 Å². The lowest BCUT2D eigenvalue weighted by Gasteiger charge is -2.53. The molecule has 1 aromatic carbocycles. The number of alkyl halides is 1. The highest BCUT2D eigenvalue weighted by atomic mass is 19.1. The third-order valence-corrected chi connectivity index (χ3v) is 12.0. The van der Waals surface area contributed by atoms with E-state index in [9.17, 15) is 4.79 Å². The van der Waals surface area contributed by atoms with Crippen LogP contribution in [0.4, 0.5) is 10.1 Å². The normalized spacial score (nSPS) is 34.9. The zero-order chi connectivity index (χ0) is 28.3. The van der Waals surface area contributed by atoms with Gasteiger partial charge >= 0.3 is 0 Å². The van der Waals surface area contributed by atoms with Crippen LogP contribution in [-0.4, -0.2) is 43.0 Å². The van der Waals surface area contributed by atoms with Crippen molar-refractivity contribution in [1.29, 1.82) is 0 Å². The van der Waals surface area contributed by atoms with E-state index in [-0.39, 0.29) is 28.6 Å². The number of benzene rings is 1. The fraction of sp³-hybridized carbons (Fsp3) is 0.667. The molecule has 0 aliphatic heterocycles. The van der Waals surface area contributed by atoms with Crippen molar-refractivity contribution in [2.45, 2.75) is 106 Å². The summed E-state index contributed by atoms with van der Waals surface area (Å²) in [6.07, 6.45) is 12.3. The van der Waals surface area contributed by atoms with Gasteiger partial charge in [-0.3, -0.25) is 4.79 Å². The number of carbonyl (C=O) groups excluding carboxylic acids is 1. The summed E-state index contributed by atoms with van der Waals surface area (Å²) in [4.78, 5) is 21.2. The molecule has 8 fully saturated rings. The molecule has 9 heteroatoms. The van der Waals surface area contributed by atoms with E-state index in [0.29, 0.717) is 37.6 Å². The minimum absolute atomic E-state index is 0.0194. The number of hydrogen-bond acceptors (Lipinski definition) is 6. The number of aromatic nitrogens is 5. The number of halogens is 1. The van der Waals surface area contributed by atoms with Gasteiger partial charge in [0.2, 0.25) is 11.8 Å². The molecule has 220 valence electrons. The number of nitrogens with zero attached hydrogens (tertiary/aromatic N) is 6. The number of fused-ring (bicyclic) bond motifs is 4. The molecule has 1 atom stereocenters. The smallest absolute Gasteiger partial charge is 0.232 e. The van der Waals surface area contributed by atoms with Gasteiger partial charge in [0.15, 0.2) is 11.6 Å². The van der Waals surface area contributed by atoms with Crippen molar-refractivity contribution in [1.82, 2.24) is 24.9 Å². The Bertz CT molecular complexity index is 1540. The number of amides is 1. The molecular weight excluding hydrogens is 531 g/mol. The van der Waals surface area contributed by atoms with Crippen molar-refractivity contribution in [2.75, 3.05) is 11.4 Å². The second-order valence-corrected chi connectivity index (χ2v) is 14.8. The van der Waals surface area contributed by atoms with E-state index >= 15 is 4.39 Å². The largest absolute Gasteiger partial charge is 0.339 e. The Kier molecular flexibility index (Phi) is 5.28. The van der Waals surface area contributed by atoms with Gasteiger partial charge in [0.1, 0.15) is 11.5 Å². The van der Waals surface area contributed by atoms with Gasteiger partial charge in [-0.25, -0.2) is 4.39 Å². The van der Waals surface area contributed by atoms with Crippen molar-refractivity contribution in [3.05, 3.63) is 41.8 Å². The Morgan fingerprint density at radius 3 is 2.43 bits per heavy atom. The van der Waals surface area contributed by atoms with Crippen LogP contribution in [0.25, 0.3) is 11.4 Å². The topological polar surface area (TPSA) is 89.9 Å². The van der Waals surface area contributed by atoms with Gasteiger partial charge in [-0.05, 0) is 107 Å². The quantitative estimate of drug-likeness (QED) is 0.312. The molecule has 4 bridgehead atoms. The molecule has 42 heavy (non-hydrogen) atoms. The second kappa shape index (κ2) is 8.73. The first-order valence-corrected chi connectivity index (χ1v) is 16.2. The lowest BCUT2D eigenvalue weighted by atomic mass is 9.53. The summed E-state index contributed by atoms with van der Waals surface area (Å²) >= 11 is 0. The molecule has 1 unspecified atom stereocenters. The Hall–Kier alpha value is -3.10. The van der Waals surface area contributed by atoms with Gasteiger partial charge in [0.25, 0.3) is 0 Å². The summed E-state index contributed by atoms with van der Waals surface area (Å²) in [5.74, 6) is 4.67. The first-order chi connectivity index (χ1) is 20.3. The van der Waals surface area contributed by atoms with Crippen LogP contribution in [0.1, 0.15) is 113 Å². The predicted molar refractivity (Wildman–Crippen MR) is 154 cm³/mol. The monoisotopic (exact) mass is 570 g/mol. The highest BCUT2D eigenvalue weighted by Gasteiger charge is 2.60. The van der Waals surface area contributed by atoms with Gasteiger partial charge in [0, 0.05) is 48.0 Å². The lowest BCUT2D eigenvalue weighted by molar-refractivity contribution is -0.123. The fourth-order valence-electron chi connectivity index (χ4n) is 8.89. The lowest BCUT2D eigenvalue weighted by Crippen LogP contribution is -2.51. The molecule has 2 heterocycles. The highest BCUT2D eigenvalue weighted by molar-refractivity contribution is 5.96. The number of carbonyl (C=O) groups is 1. The first-order valence-electron chi connectivity index (χ1n) is 16.2. The Morgan fingerprint density at radius 1 is 1.02 bits per heavy atom. The van der Waals surface area contributed by atoms with E-state index in [0.717, 1.165) is 73.1 Å². The summed E-state index contributed by atoms with van der Waals surface area (Å²) in [6.45, 7) is 0.678. The molecular formula is C33H39FN6O2. The molecule has 0 radical (unpaired) electrons. The molecule has 0 saturated heterocycles. The predicted octanol–water partition coefficient (Wildman–Crippen LogP) is 6.38. The molecule has 8 saturated carbocycles. The Labute approximate surface area is 245 Å². The molecule has 0 N–H and O–H groups in total. The molecule has 3 aromatic rings. The fourth-order valence-corrected chi connectivity index (χ4v) is 8.89. The molecule has 2 aromatic heterocycles. The average Bonchev–Trinajstić information content (AvgIpc) is 3.88. The van der Waals surface area contributed by atoms with E-state index in [1.165, 1.54) is 25.7 Å². The Morgan fingerprint density at radius 2 is 1.76 bits per heavy atom. The molecule has 8 aliphatic carbocycles. The van der Waals surface area contributed by atoms with Gasteiger partial charge in [-0.15, -0.1) is 10.2 Å². The minimum Gasteiger partial charge on any atom is -0.339 e. The summed E-state index contributed by atoms with van der Waals surface area (Å²) < 4.78 is 23.0. The van der Waals surface area contributed by atoms with Crippen LogP contribution in [0.2, 0.25) is 0 Å². The molecule has 8 aliphatic rings. The van der Waals surface area contributed by atoms with Crippen LogP contribution >= 0.6 is 0 Å². The molecule has 11 rings (SSSR count). The highest BCUT2D eigenvalue weighted by Crippen LogP contribution is 2.60. The maximum Gasteiger partial charge on any atom is 0.232 e. The van der Waals surface area contributed by atoms with Gasteiger partial charge in [-0.1, -0.05) is 17.3 Å². The Balaban J connectivity index is 1.01. The van der Waals surface area contributed by atoms with Gasteiger partial charge in [-0.2, -0.15) is 4.98 Å². The maximum absolute atomic E-state index is 15.0. The number of hydrogen-bond donors (Lipinski definition) is 0. The summed E-state index contributed by atoms with van der Waals surface area (Å²) in [5.41, 5.74) is 0.762. The standard InChI is InChI=1S/C33H39FN6O2/c1-39-27(21-7-8-21)36-37-28(39)22-3-2-4-24(15-22)40(29(41)25-18-33(34)16-23(25)17-33)19-31-9-12-32(13-10-31,14-11-31)30-35-26(38-42-30)20-5-6-20/h2-4,15,20-21,23,25H,5-14,16-19H2,1H3. The van der Waals surface area contributed by atoms with Crippen LogP contribution in [0, 0.1) is 17.3 Å². The van der Waals surface area contributed by atoms with Crippen molar-refractivity contribution in [2.24, 2.45) is 24.3 Å². The molecule has 8 nitrogen and oxygen atoms in total. The zero-order valence-electron chi connectivity index (χ0n) is 24.4. The van der Waals surface area contributed by atoms with Crippen molar-refractivity contribution in [3.63, 3.8) is 0 Å². The van der Waals surface area contributed by atoms with E-state index < -0.39 is 5.67 Å². The van der Waals surface area contributed by atoms with E-state index in [2.05, 4.69) is 38.1 Å². The average molecular weight is 571 g/mol. The van der Waals surface area contributed by atoms with Crippen molar-refractivity contribution in [3.8, 4) is 11.4 Å². The second-order valence-electron chi connectivity index (χ2n) is 14.8. The van der Waals surface area contributed by atoms with Gasteiger partial charge in [0.05, 0.1) is 0 Å². The summed E-state index contributed by atoms with van der Waals surface area (Å²) in [7, 11) is 2.04. The minimum atomic E-state index is -1.13. The van der Waals surface area contributed by atoms with Crippen molar-refractivity contribution >= 4 is 11.6 Å². The van der Waals surface area contributed by atoms with E-state index in [1.807, 2.05) is 18.0 Å². The SMILES string of the molecule is Cn1c(-c2cccc(N(CC34CCC(c5nc(C6CC6)no5)(CC3)CC4)C(=O)C3CC4(F)CC3C4)c2)nnc1C1CC1. The van der Waals surface area contributed by atoms with Crippen LogP contribution in [0.15, 0.2) is 28.8 Å². The third-order valence-electron chi connectivity index (χ3n) is 12.0. The van der Waals surface area contributed by atoms with Crippen LogP contribution in [0.5, 0.6) is 0 Å². The first kappa shape index (κ1) is 25.4. The summed E-state index contributed by atoms with van der Waals surface area (Å²) in [5, 5.41) is 13.4. The third kappa shape index (κ3) is 3.94. The van der Waals surface area contributed by atoms with E-state index in [1.54, 1.807) is 0 Å². The molecule has 1 amide bonds.